The van der Waals surface area contributed by atoms with Gasteiger partial charge in [-0.15, -0.1) is 0 Å². The Labute approximate surface area is 183 Å². The van der Waals surface area contributed by atoms with E-state index in [0.717, 1.165) is 18.5 Å². The second kappa shape index (κ2) is 10.6. The van der Waals surface area contributed by atoms with E-state index < -0.39 is 12.1 Å². The Morgan fingerprint density at radius 3 is 2.06 bits per heavy atom. The molecule has 4 amide bonds. The van der Waals surface area contributed by atoms with Gasteiger partial charge in [0.1, 0.15) is 6.04 Å². The smallest absolute Gasteiger partial charge is 0.319 e. The van der Waals surface area contributed by atoms with Crippen LogP contribution in [-0.2, 0) is 9.59 Å². The molecule has 164 valence electrons. The van der Waals surface area contributed by atoms with Crippen molar-refractivity contribution in [3.8, 4) is 0 Å². The summed E-state index contributed by atoms with van der Waals surface area (Å²) in [5, 5.41) is 8.48. The summed E-state index contributed by atoms with van der Waals surface area (Å²) in [4.78, 5) is 40.0. The lowest BCUT2D eigenvalue weighted by molar-refractivity contribution is -0.137. The minimum Gasteiger partial charge on any atom is -0.340 e. The summed E-state index contributed by atoms with van der Waals surface area (Å²) in [6.45, 7) is 4.73. The Hall–Kier alpha value is -3.35. The average molecular weight is 423 g/mol. The number of hydrogen-bond acceptors (Lipinski definition) is 3. The van der Waals surface area contributed by atoms with Crippen LogP contribution >= 0.6 is 0 Å². The number of carbonyl (C=O) groups is 3. The molecule has 1 aliphatic heterocycles. The summed E-state index contributed by atoms with van der Waals surface area (Å²) in [5.74, 6) is -0.605. The Kier molecular flexibility index (Phi) is 7.65. The molecule has 7 heteroatoms. The van der Waals surface area contributed by atoms with Gasteiger partial charge in [-0.3, -0.25) is 9.59 Å². The van der Waals surface area contributed by atoms with Crippen LogP contribution in [0.25, 0.3) is 0 Å². The van der Waals surface area contributed by atoms with E-state index in [-0.39, 0.29) is 23.7 Å². The van der Waals surface area contributed by atoms with Crippen molar-refractivity contribution in [1.29, 1.82) is 0 Å². The van der Waals surface area contributed by atoms with Crippen LogP contribution in [0.2, 0.25) is 0 Å². The van der Waals surface area contributed by atoms with Gasteiger partial charge in [0.05, 0.1) is 5.92 Å². The number of urea groups is 1. The molecule has 0 saturated carbocycles. The fraction of sp³-hybridized carbons (Fsp3) is 0.375. The summed E-state index contributed by atoms with van der Waals surface area (Å²) < 4.78 is 0. The SMILES string of the molecule is CC(C)C(NC(=O)Nc1ccccc1)C(=O)N1CCCC(C(=O)Nc2ccccc2)C1. The molecule has 3 rings (SSSR count). The number of nitrogens with one attached hydrogen (secondary N) is 3. The molecular weight excluding hydrogens is 392 g/mol. The second-order valence-electron chi connectivity index (χ2n) is 8.16. The van der Waals surface area contributed by atoms with Crippen molar-refractivity contribution in [2.45, 2.75) is 32.7 Å². The van der Waals surface area contributed by atoms with Gasteiger partial charge in [0.25, 0.3) is 0 Å². The molecule has 2 aromatic rings. The molecule has 0 spiro atoms. The van der Waals surface area contributed by atoms with E-state index in [2.05, 4.69) is 16.0 Å². The summed E-state index contributed by atoms with van der Waals surface area (Å²) in [7, 11) is 0. The fourth-order valence-corrected chi connectivity index (χ4v) is 3.70. The number of benzene rings is 2. The highest BCUT2D eigenvalue weighted by atomic mass is 16.2. The van der Waals surface area contributed by atoms with Crippen molar-refractivity contribution >= 4 is 29.2 Å². The average Bonchev–Trinajstić information content (AvgIpc) is 2.78. The van der Waals surface area contributed by atoms with E-state index in [4.69, 9.17) is 0 Å². The van der Waals surface area contributed by atoms with E-state index in [1.807, 2.05) is 62.4 Å². The van der Waals surface area contributed by atoms with Crippen molar-refractivity contribution in [3.05, 3.63) is 60.7 Å². The van der Waals surface area contributed by atoms with Gasteiger partial charge in [0.15, 0.2) is 0 Å². The van der Waals surface area contributed by atoms with Crippen molar-refractivity contribution in [2.75, 3.05) is 23.7 Å². The van der Waals surface area contributed by atoms with E-state index in [1.54, 1.807) is 17.0 Å². The lowest BCUT2D eigenvalue weighted by Gasteiger charge is -2.35. The van der Waals surface area contributed by atoms with Gasteiger partial charge in [-0.25, -0.2) is 4.79 Å². The minimum atomic E-state index is -0.667. The highest BCUT2D eigenvalue weighted by molar-refractivity contribution is 5.95. The van der Waals surface area contributed by atoms with E-state index in [1.165, 1.54) is 0 Å². The first-order valence-electron chi connectivity index (χ1n) is 10.7. The van der Waals surface area contributed by atoms with Crippen molar-refractivity contribution in [1.82, 2.24) is 10.2 Å². The number of nitrogens with zero attached hydrogens (tertiary/aromatic N) is 1. The Balaban J connectivity index is 1.60. The molecule has 2 unspecified atom stereocenters. The van der Waals surface area contributed by atoms with Crippen molar-refractivity contribution in [3.63, 3.8) is 0 Å². The number of para-hydroxylation sites is 2. The van der Waals surface area contributed by atoms with Crippen LogP contribution in [0.4, 0.5) is 16.2 Å². The van der Waals surface area contributed by atoms with Crippen molar-refractivity contribution < 1.29 is 14.4 Å². The number of amides is 4. The molecule has 31 heavy (non-hydrogen) atoms. The Morgan fingerprint density at radius 1 is 0.903 bits per heavy atom. The van der Waals surface area contributed by atoms with Crippen LogP contribution in [0.15, 0.2) is 60.7 Å². The number of hydrogen-bond donors (Lipinski definition) is 3. The molecule has 1 aliphatic rings. The van der Waals surface area contributed by atoms with Gasteiger partial charge in [-0.1, -0.05) is 50.2 Å². The van der Waals surface area contributed by atoms with E-state index in [9.17, 15) is 14.4 Å². The minimum absolute atomic E-state index is 0.0837. The van der Waals surface area contributed by atoms with Crippen LogP contribution in [0.1, 0.15) is 26.7 Å². The molecule has 0 aliphatic carbocycles. The molecule has 0 bridgehead atoms. The molecule has 2 aromatic carbocycles. The largest absolute Gasteiger partial charge is 0.340 e. The lowest BCUT2D eigenvalue weighted by atomic mass is 9.95. The third kappa shape index (κ3) is 6.31. The molecule has 0 radical (unpaired) electrons. The number of carbonyl (C=O) groups excluding carboxylic acids is 3. The van der Waals surface area contributed by atoms with Gasteiger partial charge in [-0.05, 0) is 43.0 Å². The summed E-state index contributed by atoms with van der Waals surface area (Å²) in [6, 6.07) is 17.3. The number of anilines is 2. The van der Waals surface area contributed by atoms with Gasteiger partial charge >= 0.3 is 6.03 Å². The zero-order valence-electron chi connectivity index (χ0n) is 18.0. The third-order valence-electron chi connectivity index (χ3n) is 5.40. The van der Waals surface area contributed by atoms with Gasteiger partial charge in [0.2, 0.25) is 11.8 Å². The first-order valence-corrected chi connectivity index (χ1v) is 10.7. The van der Waals surface area contributed by atoms with Gasteiger partial charge in [0, 0.05) is 24.5 Å². The standard InChI is InChI=1S/C24H30N4O3/c1-17(2)21(27-24(31)26-20-13-7-4-8-14-20)23(30)28-15-9-10-18(16-28)22(29)25-19-11-5-3-6-12-19/h3-8,11-14,17-18,21H,9-10,15-16H2,1-2H3,(H,25,29)(H2,26,27,31). The number of rotatable bonds is 6. The normalized spacial score (nSPS) is 17.0. The monoisotopic (exact) mass is 422 g/mol. The summed E-state index contributed by atoms with van der Waals surface area (Å²) in [6.07, 6.45) is 1.48. The molecule has 1 heterocycles. The molecule has 7 nitrogen and oxygen atoms in total. The zero-order valence-corrected chi connectivity index (χ0v) is 18.0. The maximum atomic E-state index is 13.2. The molecular formula is C24H30N4O3. The Bertz CT molecular complexity index is 886. The van der Waals surface area contributed by atoms with Crippen LogP contribution < -0.4 is 16.0 Å². The molecule has 0 aromatic heterocycles. The maximum absolute atomic E-state index is 13.2. The Morgan fingerprint density at radius 2 is 1.48 bits per heavy atom. The van der Waals surface area contributed by atoms with Crippen LogP contribution in [0.5, 0.6) is 0 Å². The summed E-state index contributed by atoms with van der Waals surface area (Å²) >= 11 is 0. The first kappa shape index (κ1) is 22.3. The molecule has 1 saturated heterocycles. The highest BCUT2D eigenvalue weighted by Gasteiger charge is 2.34. The predicted molar refractivity (Wildman–Crippen MR) is 122 cm³/mol. The fourth-order valence-electron chi connectivity index (χ4n) is 3.70. The predicted octanol–water partition coefficient (Wildman–Crippen LogP) is 3.71. The van der Waals surface area contributed by atoms with Gasteiger partial charge < -0.3 is 20.9 Å². The van der Waals surface area contributed by atoms with Gasteiger partial charge in [-0.2, -0.15) is 0 Å². The van der Waals surface area contributed by atoms with Crippen LogP contribution in [0.3, 0.4) is 0 Å². The topological polar surface area (TPSA) is 90.5 Å². The number of piperidine rings is 1. The zero-order chi connectivity index (χ0) is 22.2. The lowest BCUT2D eigenvalue weighted by Crippen LogP contribution is -2.55. The second-order valence-corrected chi connectivity index (χ2v) is 8.16. The highest BCUT2D eigenvalue weighted by Crippen LogP contribution is 2.21. The van der Waals surface area contributed by atoms with Crippen LogP contribution in [-0.4, -0.2) is 41.9 Å². The molecule has 1 fully saturated rings. The summed E-state index contributed by atoms with van der Waals surface area (Å²) in [5.41, 5.74) is 1.40. The molecule has 2 atom stereocenters. The van der Waals surface area contributed by atoms with Crippen LogP contribution in [0, 0.1) is 11.8 Å². The number of likely N-dealkylation sites (tertiary alicyclic amines) is 1. The molecule has 3 N–H and O–H groups in total. The first-order chi connectivity index (χ1) is 14.9. The quantitative estimate of drug-likeness (QED) is 0.663. The third-order valence-corrected chi connectivity index (χ3v) is 5.40. The van der Waals surface area contributed by atoms with Crippen molar-refractivity contribution in [2.24, 2.45) is 11.8 Å². The maximum Gasteiger partial charge on any atom is 0.319 e. The van der Waals surface area contributed by atoms with E-state index in [0.29, 0.717) is 18.8 Å². The van der Waals surface area contributed by atoms with E-state index >= 15 is 0 Å².